The highest BCUT2D eigenvalue weighted by molar-refractivity contribution is 6.16. The molecule has 1 saturated heterocycles. The van der Waals surface area contributed by atoms with Crippen LogP contribution in [0.15, 0.2) is 66.4 Å². The van der Waals surface area contributed by atoms with Crippen molar-refractivity contribution < 1.29 is 14.4 Å². The highest BCUT2D eigenvalue weighted by atomic mass is 16.2. The van der Waals surface area contributed by atoms with Crippen LogP contribution < -0.4 is 10.6 Å². The number of carbonyl (C=O) groups is 3. The summed E-state index contributed by atoms with van der Waals surface area (Å²) in [6.45, 7) is 6.27. The molecule has 1 aliphatic rings. The third-order valence-electron chi connectivity index (χ3n) is 5.66. The van der Waals surface area contributed by atoms with Crippen LogP contribution in [0.4, 0.5) is 10.5 Å². The fourth-order valence-electron chi connectivity index (χ4n) is 3.92. The smallest absolute Gasteiger partial charge is 0.329 e. The highest BCUT2D eigenvalue weighted by Gasteiger charge is 2.35. The Morgan fingerprint density at radius 1 is 1.00 bits per heavy atom. The molecule has 7 nitrogen and oxygen atoms in total. The van der Waals surface area contributed by atoms with Crippen LogP contribution >= 0.6 is 0 Å². The Balaban J connectivity index is 1.48. The molecule has 0 saturated carbocycles. The van der Waals surface area contributed by atoms with Crippen molar-refractivity contribution in [3.8, 4) is 0 Å². The van der Waals surface area contributed by atoms with E-state index in [9.17, 15) is 14.4 Å². The van der Waals surface area contributed by atoms with Crippen molar-refractivity contribution in [3.63, 3.8) is 0 Å². The van der Waals surface area contributed by atoms with E-state index in [0.29, 0.717) is 12.2 Å². The van der Waals surface area contributed by atoms with Crippen molar-refractivity contribution in [2.24, 2.45) is 0 Å². The van der Waals surface area contributed by atoms with E-state index in [-0.39, 0.29) is 12.2 Å². The number of aromatic nitrogens is 1. The van der Waals surface area contributed by atoms with E-state index in [1.807, 2.05) is 63.2 Å². The molecule has 0 bridgehead atoms. The highest BCUT2D eigenvalue weighted by Crippen LogP contribution is 2.22. The summed E-state index contributed by atoms with van der Waals surface area (Å²) in [7, 11) is 0. The molecule has 0 atom stereocenters. The minimum Gasteiger partial charge on any atom is -0.344 e. The van der Waals surface area contributed by atoms with Gasteiger partial charge >= 0.3 is 6.03 Å². The molecule has 2 N–H and O–H groups in total. The van der Waals surface area contributed by atoms with Gasteiger partial charge in [0.2, 0.25) is 5.91 Å². The van der Waals surface area contributed by atoms with Crippen LogP contribution in [0, 0.1) is 20.8 Å². The number of imide groups is 1. The summed E-state index contributed by atoms with van der Waals surface area (Å²) in [4.78, 5) is 38.6. The quantitative estimate of drug-likeness (QED) is 0.447. The number of urea groups is 1. The number of nitrogens with one attached hydrogen (secondary N) is 2. The fraction of sp³-hybridized carbons (Fsp3) is 0.192. The number of nitrogens with zero attached hydrogens (tertiary/aromatic N) is 2. The van der Waals surface area contributed by atoms with Crippen LogP contribution in [-0.4, -0.2) is 33.9 Å². The molecular weight excluding hydrogens is 416 g/mol. The number of hydrogen-bond acceptors (Lipinski definition) is 3. The van der Waals surface area contributed by atoms with Gasteiger partial charge in [-0.05, 0) is 61.7 Å². The van der Waals surface area contributed by atoms with E-state index in [1.54, 1.807) is 12.1 Å². The van der Waals surface area contributed by atoms with E-state index in [4.69, 9.17) is 0 Å². The van der Waals surface area contributed by atoms with Crippen LogP contribution in [0.5, 0.6) is 0 Å². The molecule has 1 aliphatic heterocycles. The Kier molecular flexibility index (Phi) is 6.13. The van der Waals surface area contributed by atoms with Gasteiger partial charge in [-0.3, -0.25) is 9.59 Å². The number of amides is 4. The fourth-order valence-corrected chi connectivity index (χ4v) is 3.92. The molecule has 2 heterocycles. The van der Waals surface area contributed by atoms with Gasteiger partial charge in [-0.2, -0.15) is 0 Å². The normalized spacial score (nSPS) is 14.6. The van der Waals surface area contributed by atoms with Gasteiger partial charge in [0.15, 0.2) is 0 Å². The molecule has 0 spiro atoms. The predicted molar refractivity (Wildman–Crippen MR) is 127 cm³/mol. The van der Waals surface area contributed by atoms with Crippen LogP contribution in [-0.2, 0) is 16.1 Å². The zero-order valence-corrected chi connectivity index (χ0v) is 18.9. The number of carbonyl (C=O) groups excluding carboxylic acids is 3. The largest absolute Gasteiger partial charge is 0.344 e. The summed E-state index contributed by atoms with van der Waals surface area (Å²) in [6.07, 6.45) is 1.67. The topological polar surface area (TPSA) is 83.4 Å². The average Bonchev–Trinajstić information content (AvgIpc) is 3.19. The molecule has 3 aromatic rings. The van der Waals surface area contributed by atoms with E-state index in [0.717, 1.165) is 27.4 Å². The summed E-state index contributed by atoms with van der Waals surface area (Å²) < 4.78 is 2.16. The Bertz CT molecular complexity index is 1260. The third kappa shape index (κ3) is 4.87. The zero-order valence-electron chi connectivity index (χ0n) is 18.9. The van der Waals surface area contributed by atoms with Gasteiger partial charge in [0.05, 0.1) is 0 Å². The lowest BCUT2D eigenvalue weighted by molar-refractivity contribution is -0.127. The zero-order chi connectivity index (χ0) is 23.5. The summed E-state index contributed by atoms with van der Waals surface area (Å²) in [5.41, 5.74) is 5.83. The molecule has 7 heteroatoms. The first-order valence-corrected chi connectivity index (χ1v) is 10.7. The summed E-state index contributed by atoms with van der Waals surface area (Å²) in [5.74, 6) is -0.960. The third-order valence-corrected chi connectivity index (χ3v) is 5.66. The number of hydrogen-bond donors (Lipinski definition) is 2. The van der Waals surface area contributed by atoms with E-state index in [1.165, 1.54) is 5.56 Å². The molecule has 0 aliphatic carbocycles. The van der Waals surface area contributed by atoms with Gasteiger partial charge in [0.25, 0.3) is 5.91 Å². The average molecular weight is 443 g/mol. The predicted octanol–water partition coefficient (Wildman–Crippen LogP) is 3.99. The van der Waals surface area contributed by atoms with Gasteiger partial charge in [0, 0.05) is 23.6 Å². The monoisotopic (exact) mass is 442 g/mol. The molecule has 33 heavy (non-hydrogen) atoms. The second-order valence-corrected chi connectivity index (χ2v) is 8.20. The van der Waals surface area contributed by atoms with Crippen LogP contribution in [0.1, 0.15) is 28.1 Å². The van der Waals surface area contributed by atoms with Crippen LogP contribution in [0.2, 0.25) is 0 Å². The molecular formula is C26H26N4O3. The van der Waals surface area contributed by atoms with Crippen molar-refractivity contribution >= 4 is 29.6 Å². The van der Waals surface area contributed by atoms with Gasteiger partial charge < -0.3 is 15.2 Å². The number of anilines is 1. The first-order valence-electron chi connectivity index (χ1n) is 10.7. The lowest BCUT2D eigenvalue weighted by Gasteiger charge is -2.12. The SMILES string of the molecule is Cc1cccc(NC(=O)CN2C(=O)N/C(=C/c3cc(C)n(Cc4ccccc4)c3C)C2=O)c1. The van der Waals surface area contributed by atoms with Crippen LogP contribution in [0.25, 0.3) is 6.08 Å². The summed E-state index contributed by atoms with van der Waals surface area (Å²) in [5, 5.41) is 5.32. The molecule has 2 aromatic carbocycles. The van der Waals surface area contributed by atoms with Crippen molar-refractivity contribution in [3.05, 3.63) is 94.4 Å². The maximum absolute atomic E-state index is 12.8. The van der Waals surface area contributed by atoms with Crippen molar-refractivity contribution in [1.82, 2.24) is 14.8 Å². The maximum atomic E-state index is 12.8. The van der Waals surface area contributed by atoms with E-state index < -0.39 is 17.8 Å². The molecule has 4 rings (SSSR count). The molecule has 0 radical (unpaired) electrons. The standard InChI is InChI=1S/C26H26N4O3/c1-17-8-7-11-22(12-17)27-24(31)16-30-25(32)23(28-26(30)33)14-21-13-18(2)29(19(21)3)15-20-9-5-4-6-10-20/h4-14H,15-16H2,1-3H3,(H,27,31)(H,28,33)/b23-14+. The number of rotatable bonds is 6. The summed E-state index contributed by atoms with van der Waals surface area (Å²) in [6, 6.07) is 18.8. The van der Waals surface area contributed by atoms with Gasteiger partial charge in [-0.25, -0.2) is 9.69 Å². The first kappa shape index (κ1) is 22.1. The molecule has 4 amide bonds. The molecule has 168 valence electrons. The molecule has 1 fully saturated rings. The van der Waals surface area contributed by atoms with Gasteiger partial charge in [-0.15, -0.1) is 0 Å². The lowest BCUT2D eigenvalue weighted by Crippen LogP contribution is -2.38. The Labute approximate surface area is 192 Å². The van der Waals surface area contributed by atoms with Gasteiger partial charge in [0.1, 0.15) is 12.2 Å². The Morgan fingerprint density at radius 3 is 2.48 bits per heavy atom. The van der Waals surface area contributed by atoms with Crippen molar-refractivity contribution in [2.45, 2.75) is 27.3 Å². The van der Waals surface area contributed by atoms with E-state index >= 15 is 0 Å². The second-order valence-electron chi connectivity index (χ2n) is 8.20. The number of benzene rings is 2. The Hall–Kier alpha value is -4.13. The molecule has 1 aromatic heterocycles. The Morgan fingerprint density at radius 2 is 1.76 bits per heavy atom. The molecule has 0 unspecified atom stereocenters. The second kappa shape index (κ2) is 9.16. The van der Waals surface area contributed by atoms with E-state index in [2.05, 4.69) is 27.3 Å². The summed E-state index contributed by atoms with van der Waals surface area (Å²) >= 11 is 0. The lowest BCUT2D eigenvalue weighted by atomic mass is 10.2. The maximum Gasteiger partial charge on any atom is 0.329 e. The minimum atomic E-state index is -0.608. The van der Waals surface area contributed by atoms with Crippen LogP contribution in [0.3, 0.4) is 0 Å². The minimum absolute atomic E-state index is 0.156. The van der Waals surface area contributed by atoms with Crippen molar-refractivity contribution in [2.75, 3.05) is 11.9 Å². The number of aryl methyl sites for hydroxylation is 2. The van der Waals surface area contributed by atoms with Gasteiger partial charge in [-0.1, -0.05) is 42.5 Å². The van der Waals surface area contributed by atoms with Crippen molar-refractivity contribution in [1.29, 1.82) is 0 Å². The first-order chi connectivity index (χ1) is 15.8.